The van der Waals surface area contributed by atoms with E-state index in [-0.39, 0.29) is 107 Å². The molecular weight excluding hydrogens is 1500 g/mol. The summed E-state index contributed by atoms with van der Waals surface area (Å²) in [4.78, 5) is 217. The van der Waals surface area contributed by atoms with Crippen molar-refractivity contribution in [3.8, 4) is 0 Å². The first-order valence-corrected chi connectivity index (χ1v) is 37.3. The Balaban J connectivity index is 2.43. The average Bonchev–Trinajstić information content (AvgIpc) is 0.859. The summed E-state index contributed by atoms with van der Waals surface area (Å²) < 4.78 is 0. The normalized spacial score (nSPS) is 14.9. The number of carboxylic acid groups (broad SMARTS) is 1. The fraction of sp³-hybridized carbons (Fsp3) is 0.565. The van der Waals surface area contributed by atoms with Gasteiger partial charge in [0, 0.05) is 44.0 Å². The van der Waals surface area contributed by atoms with Gasteiger partial charge in [-0.25, -0.2) is 0 Å². The van der Waals surface area contributed by atoms with Gasteiger partial charge in [0.15, 0.2) is 17.9 Å². The van der Waals surface area contributed by atoms with E-state index in [4.69, 9.17) is 40.1 Å². The monoisotopic (exact) mass is 1610 g/mol. The first kappa shape index (κ1) is 97.2. The molecule has 15 atom stereocenters. The summed E-state index contributed by atoms with van der Waals surface area (Å²) in [6, 6.07) is -2.41. The Morgan fingerprint density at radius 3 is 1.19 bits per heavy atom. The topological polar surface area (TPSA) is 692 Å². The van der Waals surface area contributed by atoms with Crippen molar-refractivity contribution in [3.05, 3.63) is 71.8 Å². The number of nitrogens with zero attached hydrogens (tertiary/aromatic N) is 3. The number of hydrogen-bond donors (Lipinski definition) is 25. The summed E-state index contributed by atoms with van der Waals surface area (Å²) in [5.41, 5.74) is 39.6. The van der Waals surface area contributed by atoms with Crippen molar-refractivity contribution in [3.63, 3.8) is 0 Å². The van der Waals surface area contributed by atoms with Crippen LogP contribution in [0.3, 0.4) is 0 Å². The average molecular weight is 1610 g/mol. The van der Waals surface area contributed by atoms with Crippen LogP contribution in [0.5, 0.6) is 0 Å². The number of aliphatic hydroxyl groups excluding tert-OH is 2. The third kappa shape index (κ3) is 36.7. The van der Waals surface area contributed by atoms with E-state index in [0.29, 0.717) is 23.8 Å². The smallest absolute Gasteiger partial charge is 0.305 e. The van der Waals surface area contributed by atoms with Gasteiger partial charge in [0.2, 0.25) is 76.8 Å². The zero-order valence-electron chi connectivity index (χ0n) is 63.2. The van der Waals surface area contributed by atoms with Gasteiger partial charge in [-0.15, -0.1) is 0 Å². The molecule has 0 saturated carbocycles. The number of benzene rings is 2. The summed E-state index contributed by atoms with van der Waals surface area (Å²) in [5.74, 6) is -17.2. The SMILES string of the molecule is CC[C@H](C)[C@H](NC(=O)[C@H](CCCN=C(N)N)NC(=O)[C@H](C)NC(=O)CNC(=O)[C@H](Cc1ccccc1)NC(=O)[C@H](CS)NC(=O)[C@H](CO)NC(=O)[C@@H](N)CO)C(=O)N[C@@H](CC(=O)O)C(=O)N[C@@H](CCCN=C(N)N)C(=O)N[C@H](C(=O)N[C@@H](CS)C(=O)N[C@@H](Cc1ccccc1)C(=O)N[C@H](C=O)CCCN=C(N)N)[C@@H](C)CC. The maximum Gasteiger partial charge on any atom is 0.305 e. The van der Waals surface area contributed by atoms with Gasteiger partial charge >= 0.3 is 5.97 Å². The summed E-state index contributed by atoms with van der Waals surface area (Å²) >= 11 is 8.46. The van der Waals surface area contributed by atoms with Crippen molar-refractivity contribution in [1.82, 2.24) is 69.1 Å². The molecule has 0 saturated heterocycles. The van der Waals surface area contributed by atoms with Gasteiger partial charge in [-0.2, -0.15) is 25.3 Å². The molecule has 0 fully saturated rings. The number of nitrogens with one attached hydrogen (secondary N) is 13. The number of nitrogens with two attached hydrogens (primary N) is 7. The Kier molecular flexibility index (Phi) is 45.4. The second-order valence-electron chi connectivity index (χ2n) is 26.2. The highest BCUT2D eigenvalue weighted by atomic mass is 32.1. The fourth-order valence-electron chi connectivity index (χ4n) is 10.4. The molecule has 0 spiro atoms. The largest absolute Gasteiger partial charge is 0.481 e. The van der Waals surface area contributed by atoms with E-state index in [1.54, 1.807) is 81.4 Å². The first-order chi connectivity index (χ1) is 53.1. The number of rotatable bonds is 53. The highest BCUT2D eigenvalue weighted by molar-refractivity contribution is 7.80. The number of carbonyl (C=O) groups excluding carboxylic acids is 14. The van der Waals surface area contributed by atoms with Gasteiger partial charge in [-0.1, -0.05) is 101 Å². The lowest BCUT2D eigenvalue weighted by Gasteiger charge is -2.30. The van der Waals surface area contributed by atoms with E-state index >= 15 is 0 Å². The number of hydrogen-bond acceptors (Lipinski definition) is 23. The number of carboxylic acids is 1. The van der Waals surface area contributed by atoms with Crippen LogP contribution in [0.4, 0.5) is 0 Å². The van der Waals surface area contributed by atoms with Crippen molar-refractivity contribution in [1.29, 1.82) is 0 Å². The van der Waals surface area contributed by atoms with Crippen molar-refractivity contribution >= 4 is 132 Å². The summed E-state index contributed by atoms with van der Waals surface area (Å²) in [6.45, 7) is 5.22. The predicted octanol–water partition coefficient (Wildman–Crippen LogP) is -8.48. The zero-order chi connectivity index (χ0) is 84.2. The number of guanidine groups is 3. The number of amides is 13. The molecule has 0 unspecified atom stereocenters. The second-order valence-corrected chi connectivity index (χ2v) is 26.9. The minimum absolute atomic E-state index is 0.0126. The summed E-state index contributed by atoms with van der Waals surface area (Å²) in [7, 11) is 0. The molecule has 0 aliphatic carbocycles. The van der Waals surface area contributed by atoms with Crippen LogP contribution in [0.15, 0.2) is 75.6 Å². The molecule has 0 radical (unpaired) electrons. The Morgan fingerprint density at radius 1 is 0.429 bits per heavy atom. The van der Waals surface area contributed by atoms with E-state index < -0.39 is 199 Å². The van der Waals surface area contributed by atoms with Gasteiger partial charge in [-0.3, -0.25) is 82.1 Å². The maximum atomic E-state index is 14.5. The molecule has 0 aromatic heterocycles. The third-order valence-corrected chi connectivity index (χ3v) is 17.9. The van der Waals surface area contributed by atoms with Crippen LogP contribution in [0, 0.1) is 11.8 Å². The van der Waals surface area contributed by atoms with E-state index in [9.17, 15) is 87.2 Å². The number of aliphatic hydroxyl groups is 2. The quantitative estimate of drug-likeness (QED) is 0.00961. The van der Waals surface area contributed by atoms with Crippen LogP contribution in [0.25, 0.3) is 0 Å². The lowest BCUT2D eigenvalue weighted by Crippen LogP contribution is -2.62. The highest BCUT2D eigenvalue weighted by Gasteiger charge is 2.38. The molecule has 41 nitrogen and oxygen atoms in total. The van der Waals surface area contributed by atoms with E-state index in [1.165, 1.54) is 13.8 Å². The molecule has 43 heteroatoms. The second kappa shape index (κ2) is 52.3. The van der Waals surface area contributed by atoms with Gasteiger partial charge < -0.3 is 129 Å². The number of aliphatic carboxylic acids is 1. The molecule has 112 heavy (non-hydrogen) atoms. The zero-order valence-corrected chi connectivity index (χ0v) is 65.0. The molecule has 622 valence electrons. The van der Waals surface area contributed by atoms with Gasteiger partial charge in [0.1, 0.15) is 78.8 Å². The van der Waals surface area contributed by atoms with E-state index in [0.717, 1.165) is 0 Å². The predicted molar refractivity (Wildman–Crippen MR) is 419 cm³/mol. The Morgan fingerprint density at radius 2 is 0.786 bits per heavy atom. The highest BCUT2D eigenvalue weighted by Crippen LogP contribution is 2.15. The molecule has 2 aromatic carbocycles. The Bertz CT molecular complexity index is 3540. The molecule has 13 amide bonds. The molecule has 2 aromatic rings. The minimum atomic E-state index is -1.98. The molecule has 30 N–H and O–H groups in total. The van der Waals surface area contributed by atoms with Crippen molar-refractivity contribution in [2.45, 2.75) is 184 Å². The molecule has 0 heterocycles. The third-order valence-electron chi connectivity index (χ3n) is 17.2. The van der Waals surface area contributed by atoms with Crippen LogP contribution >= 0.6 is 25.3 Å². The number of thiol groups is 2. The van der Waals surface area contributed by atoms with Crippen LogP contribution in [0.2, 0.25) is 0 Å². The Labute approximate surface area is 659 Å². The first-order valence-electron chi connectivity index (χ1n) is 36.1. The van der Waals surface area contributed by atoms with Gasteiger partial charge in [0.05, 0.1) is 32.2 Å². The van der Waals surface area contributed by atoms with Crippen LogP contribution in [0.1, 0.15) is 104 Å². The van der Waals surface area contributed by atoms with Crippen LogP contribution in [-0.2, 0) is 84.8 Å². The molecular formula is C69H111N23O18S2. The van der Waals surface area contributed by atoms with E-state index in [2.05, 4.69) is 109 Å². The van der Waals surface area contributed by atoms with Crippen LogP contribution in [-0.4, -0.2) is 252 Å². The van der Waals surface area contributed by atoms with Crippen LogP contribution < -0.4 is 109 Å². The van der Waals surface area contributed by atoms with E-state index in [1.807, 2.05) is 0 Å². The fourth-order valence-corrected chi connectivity index (χ4v) is 11.0. The molecule has 2 rings (SSSR count). The van der Waals surface area contributed by atoms with Gasteiger partial charge in [-0.05, 0) is 68.4 Å². The molecule has 0 aliphatic heterocycles. The molecule has 0 bridgehead atoms. The standard InChI is InChI=1S/C69H111N23O18S2/c1-6-36(3)53(91-58(102)43(22-15-25-78-68(73)74)83-55(99)38(5)81-51(96)30-80-57(101)45(27-39-17-10-8-11-18-39)85-63(107)49(34-111)89-62(106)48(33-95)88-56(100)42(70)32-94)65(109)87-47(29-52(97)98)61(105)84-44(23-16-26-79-69(75)76)59(103)92-54(37(4)7-2)66(110)90-50(35-112)64(108)86-46(28-40-19-12-9-13-20-40)60(104)82-41(31-93)21-14-24-77-67(71)72/h8-13,17-20,31,36-38,41-50,53-54,94-95,111-112H,6-7,14-16,21-30,32-35,70H2,1-5H3,(H,80,101)(H,81,96)(H,82,104)(H,83,99)(H,84,105)(H,85,107)(H,86,108)(H,87,109)(H,88,100)(H,89,106)(H,90,110)(H,91,102)(H,92,103)(H,97,98)(H4,71,72,77)(H4,73,74,78)(H4,75,76,79)/t36-,37-,38-,41-,42-,43-,44-,45-,46-,47-,48-,49-,50-,53-,54-/m0/s1. The summed E-state index contributed by atoms with van der Waals surface area (Å²) in [6.07, 6.45) is -0.376. The lowest BCUT2D eigenvalue weighted by atomic mass is 9.96. The van der Waals surface area contributed by atoms with Crippen molar-refractivity contribution in [2.24, 2.45) is 66.9 Å². The lowest BCUT2D eigenvalue weighted by molar-refractivity contribution is -0.142. The Hall–Kier alpha value is -10.9. The van der Waals surface area contributed by atoms with Crippen molar-refractivity contribution < 1.29 is 87.2 Å². The number of aldehydes is 1. The van der Waals surface area contributed by atoms with Gasteiger partial charge in [0.25, 0.3) is 0 Å². The minimum Gasteiger partial charge on any atom is -0.481 e. The number of carbonyl (C=O) groups is 15. The van der Waals surface area contributed by atoms with Crippen molar-refractivity contribution in [2.75, 3.05) is 50.9 Å². The molecule has 0 aliphatic rings. The summed E-state index contributed by atoms with van der Waals surface area (Å²) in [5, 5.41) is 61.3. The maximum absolute atomic E-state index is 14.5. The number of aliphatic imine (C=N–C) groups is 3.